The van der Waals surface area contributed by atoms with Crippen LogP contribution in [0.3, 0.4) is 0 Å². The number of nitrogens with zero attached hydrogens (tertiary/aromatic N) is 1. The van der Waals surface area contributed by atoms with Crippen LogP contribution < -0.4 is 24.4 Å². The summed E-state index contributed by atoms with van der Waals surface area (Å²) in [5.41, 5.74) is 1.76. The van der Waals surface area contributed by atoms with Gasteiger partial charge >= 0.3 is 0 Å². The molecule has 0 bridgehead atoms. The minimum absolute atomic E-state index is 0.0210. The third kappa shape index (κ3) is 5.29. The van der Waals surface area contributed by atoms with Crippen LogP contribution in [-0.2, 0) is 16.2 Å². The van der Waals surface area contributed by atoms with Gasteiger partial charge in [-0.1, -0.05) is 41.9 Å². The fourth-order valence-corrected chi connectivity index (χ4v) is 3.89. The first-order valence-electron chi connectivity index (χ1n) is 10.5. The summed E-state index contributed by atoms with van der Waals surface area (Å²) in [5.74, 6) is 0.0749. The summed E-state index contributed by atoms with van der Waals surface area (Å²) < 4.78 is 16.9. The highest BCUT2D eigenvalue weighted by Gasteiger charge is 2.34. The lowest BCUT2D eigenvalue weighted by Gasteiger charge is -2.29. The third-order valence-corrected chi connectivity index (χ3v) is 5.78. The SMILES string of the molecule is COc1cc(C=C2C(=O)NC(=S)N(c3ccc(Cl)cc3)C2=O)c(OCc2ccccc2)cc1OC. The lowest BCUT2D eigenvalue weighted by molar-refractivity contribution is -0.122. The van der Waals surface area contributed by atoms with E-state index in [2.05, 4.69) is 5.32 Å². The molecule has 3 aromatic rings. The van der Waals surface area contributed by atoms with Gasteiger partial charge in [-0.05, 0) is 54.2 Å². The summed E-state index contributed by atoms with van der Waals surface area (Å²) in [5, 5.41) is 3.06. The van der Waals surface area contributed by atoms with E-state index in [0.29, 0.717) is 33.5 Å². The van der Waals surface area contributed by atoms with Gasteiger partial charge in [-0.15, -0.1) is 0 Å². The Morgan fingerprint density at radius 1 is 0.943 bits per heavy atom. The first-order chi connectivity index (χ1) is 16.9. The molecular formula is C26H21ClN2O5S. The second-order valence-electron chi connectivity index (χ2n) is 7.45. The molecule has 3 aromatic carbocycles. The van der Waals surface area contributed by atoms with Crippen LogP contribution in [0.4, 0.5) is 5.69 Å². The van der Waals surface area contributed by atoms with E-state index in [-0.39, 0.29) is 17.3 Å². The quantitative estimate of drug-likeness (QED) is 0.281. The Bertz CT molecular complexity index is 1310. The minimum Gasteiger partial charge on any atom is -0.493 e. The number of carbonyl (C=O) groups is 2. The Kier molecular flexibility index (Phi) is 7.33. The number of hydrogen-bond acceptors (Lipinski definition) is 6. The van der Waals surface area contributed by atoms with E-state index in [0.717, 1.165) is 5.56 Å². The molecule has 4 rings (SSSR count). The molecule has 1 heterocycles. The summed E-state index contributed by atoms with van der Waals surface area (Å²) in [4.78, 5) is 27.4. The average molecular weight is 509 g/mol. The minimum atomic E-state index is -0.617. The molecule has 1 saturated heterocycles. The molecule has 1 aliphatic rings. The lowest BCUT2D eigenvalue weighted by atomic mass is 10.1. The summed E-state index contributed by atoms with van der Waals surface area (Å²) in [6.07, 6.45) is 1.45. The van der Waals surface area contributed by atoms with Crippen molar-refractivity contribution in [1.82, 2.24) is 5.32 Å². The maximum absolute atomic E-state index is 13.4. The van der Waals surface area contributed by atoms with Crippen molar-refractivity contribution < 1.29 is 23.8 Å². The second kappa shape index (κ2) is 10.6. The molecule has 1 aliphatic heterocycles. The average Bonchev–Trinajstić information content (AvgIpc) is 2.86. The van der Waals surface area contributed by atoms with Crippen molar-refractivity contribution in [3.63, 3.8) is 0 Å². The highest BCUT2D eigenvalue weighted by atomic mass is 35.5. The highest BCUT2D eigenvalue weighted by Crippen LogP contribution is 2.37. The van der Waals surface area contributed by atoms with Crippen molar-refractivity contribution >= 4 is 52.5 Å². The van der Waals surface area contributed by atoms with Crippen LogP contribution in [0, 0.1) is 0 Å². The molecule has 2 amide bonds. The van der Waals surface area contributed by atoms with Gasteiger partial charge in [0.25, 0.3) is 11.8 Å². The van der Waals surface area contributed by atoms with Crippen molar-refractivity contribution in [3.05, 3.63) is 88.5 Å². The number of halogens is 1. The van der Waals surface area contributed by atoms with Crippen molar-refractivity contribution in [2.45, 2.75) is 6.61 Å². The summed E-state index contributed by atoms with van der Waals surface area (Å²) in [7, 11) is 3.01. The topological polar surface area (TPSA) is 77.1 Å². The zero-order chi connectivity index (χ0) is 24.9. The first-order valence-corrected chi connectivity index (χ1v) is 11.3. The number of ether oxygens (including phenoxy) is 3. The molecule has 178 valence electrons. The van der Waals surface area contributed by atoms with E-state index in [1.165, 1.54) is 25.2 Å². The maximum Gasteiger partial charge on any atom is 0.270 e. The zero-order valence-corrected chi connectivity index (χ0v) is 20.5. The molecule has 35 heavy (non-hydrogen) atoms. The molecular weight excluding hydrogens is 488 g/mol. The molecule has 0 aliphatic carbocycles. The summed E-state index contributed by atoms with van der Waals surface area (Å²) in [6, 6.07) is 19.5. The number of carbonyl (C=O) groups excluding carboxylic acids is 2. The number of nitrogens with one attached hydrogen (secondary N) is 1. The Hall–Kier alpha value is -3.88. The zero-order valence-electron chi connectivity index (χ0n) is 18.9. The van der Waals surface area contributed by atoms with Crippen molar-refractivity contribution in [2.75, 3.05) is 19.1 Å². The fourth-order valence-electron chi connectivity index (χ4n) is 3.49. The Morgan fingerprint density at radius 3 is 2.26 bits per heavy atom. The van der Waals surface area contributed by atoms with Crippen LogP contribution in [0.15, 0.2) is 72.3 Å². The third-order valence-electron chi connectivity index (χ3n) is 5.24. The van der Waals surface area contributed by atoms with Gasteiger partial charge < -0.3 is 14.2 Å². The van der Waals surface area contributed by atoms with Gasteiger partial charge in [0.1, 0.15) is 17.9 Å². The van der Waals surface area contributed by atoms with Gasteiger partial charge in [-0.3, -0.25) is 19.8 Å². The number of amides is 2. The van der Waals surface area contributed by atoms with E-state index in [9.17, 15) is 9.59 Å². The number of rotatable bonds is 7. The molecule has 7 nitrogen and oxygen atoms in total. The number of anilines is 1. The van der Waals surface area contributed by atoms with E-state index in [1.54, 1.807) is 36.4 Å². The molecule has 1 fully saturated rings. The van der Waals surface area contributed by atoms with Crippen LogP contribution >= 0.6 is 23.8 Å². The van der Waals surface area contributed by atoms with E-state index < -0.39 is 11.8 Å². The van der Waals surface area contributed by atoms with Gasteiger partial charge in [0.05, 0.1) is 19.9 Å². The van der Waals surface area contributed by atoms with Crippen LogP contribution in [0.2, 0.25) is 5.02 Å². The van der Waals surface area contributed by atoms with E-state index >= 15 is 0 Å². The van der Waals surface area contributed by atoms with Gasteiger partial charge in [-0.25, -0.2) is 0 Å². The van der Waals surface area contributed by atoms with Crippen LogP contribution in [0.1, 0.15) is 11.1 Å². The van der Waals surface area contributed by atoms with Gasteiger partial charge in [-0.2, -0.15) is 0 Å². The highest BCUT2D eigenvalue weighted by molar-refractivity contribution is 7.80. The smallest absolute Gasteiger partial charge is 0.270 e. The molecule has 0 saturated carbocycles. The van der Waals surface area contributed by atoms with Gasteiger partial charge in [0.2, 0.25) is 0 Å². The molecule has 0 atom stereocenters. The van der Waals surface area contributed by atoms with E-state index in [1.807, 2.05) is 30.3 Å². The molecule has 0 unspecified atom stereocenters. The Balaban J connectivity index is 1.75. The Labute approximate surface area is 212 Å². The van der Waals surface area contributed by atoms with Gasteiger partial charge in [0.15, 0.2) is 16.6 Å². The molecule has 9 heteroatoms. The van der Waals surface area contributed by atoms with Crippen LogP contribution in [-0.4, -0.2) is 31.1 Å². The van der Waals surface area contributed by atoms with Gasteiger partial charge in [0, 0.05) is 16.7 Å². The molecule has 1 N–H and O–H groups in total. The number of benzene rings is 3. The molecule has 0 radical (unpaired) electrons. The maximum atomic E-state index is 13.4. The van der Waals surface area contributed by atoms with Crippen molar-refractivity contribution in [1.29, 1.82) is 0 Å². The lowest BCUT2D eigenvalue weighted by Crippen LogP contribution is -2.54. The standard InChI is InChI=1S/C26H21ClN2O5S/c1-32-22-13-17(21(14-23(22)33-2)34-15-16-6-4-3-5-7-16)12-20-24(30)28-26(35)29(25(20)31)19-10-8-18(27)9-11-19/h3-14H,15H2,1-2H3,(H,28,30,35). The predicted octanol–water partition coefficient (Wildman–Crippen LogP) is 4.77. The monoisotopic (exact) mass is 508 g/mol. The van der Waals surface area contributed by atoms with Crippen molar-refractivity contribution in [2.24, 2.45) is 0 Å². The van der Waals surface area contributed by atoms with Crippen LogP contribution in [0.5, 0.6) is 17.2 Å². The summed E-state index contributed by atoms with van der Waals surface area (Å²) >= 11 is 11.2. The van der Waals surface area contributed by atoms with E-state index in [4.69, 9.17) is 38.0 Å². The van der Waals surface area contributed by atoms with Crippen LogP contribution in [0.25, 0.3) is 6.08 Å². The molecule has 0 spiro atoms. The number of methoxy groups -OCH3 is 2. The predicted molar refractivity (Wildman–Crippen MR) is 138 cm³/mol. The number of hydrogen-bond donors (Lipinski definition) is 1. The van der Waals surface area contributed by atoms with Crippen molar-refractivity contribution in [3.8, 4) is 17.2 Å². The Morgan fingerprint density at radius 2 is 1.60 bits per heavy atom. The number of thiocarbonyl (C=S) groups is 1. The second-order valence-corrected chi connectivity index (χ2v) is 8.28. The largest absolute Gasteiger partial charge is 0.493 e. The molecule has 0 aromatic heterocycles. The normalized spacial score (nSPS) is 14.7. The fraction of sp³-hybridized carbons (Fsp3) is 0.115. The first kappa shape index (κ1) is 24.3. The summed E-state index contributed by atoms with van der Waals surface area (Å²) in [6.45, 7) is 0.271.